The first-order valence-corrected chi connectivity index (χ1v) is 7.95. The van der Waals surface area contributed by atoms with E-state index in [-0.39, 0.29) is 11.0 Å². The largest absolute Gasteiger partial charge is 0.376 e. The van der Waals surface area contributed by atoms with E-state index >= 15 is 0 Å². The lowest BCUT2D eigenvalue weighted by Gasteiger charge is -2.38. The first-order valence-electron chi connectivity index (χ1n) is 7.95. The molecule has 0 aliphatic heterocycles. The van der Waals surface area contributed by atoms with E-state index < -0.39 is 0 Å². The van der Waals surface area contributed by atoms with Crippen LogP contribution in [0.25, 0.3) is 0 Å². The summed E-state index contributed by atoms with van der Waals surface area (Å²) in [6.07, 6.45) is 5.84. The summed E-state index contributed by atoms with van der Waals surface area (Å²) < 4.78 is 0. The molecule has 0 radical (unpaired) electrons. The number of hydrogen-bond donors (Lipinski definition) is 1. The zero-order chi connectivity index (χ0) is 15.7. The maximum atomic E-state index is 3.67. The van der Waals surface area contributed by atoms with Gasteiger partial charge < -0.3 is 5.32 Å². The molecule has 0 saturated carbocycles. The van der Waals surface area contributed by atoms with Crippen LogP contribution < -0.4 is 5.32 Å². The zero-order valence-corrected chi connectivity index (χ0v) is 14.3. The predicted molar refractivity (Wildman–Crippen MR) is 93.5 cm³/mol. The van der Waals surface area contributed by atoms with Gasteiger partial charge in [0.05, 0.1) is 5.54 Å². The molecule has 1 heteroatoms. The average molecular weight is 283 g/mol. The van der Waals surface area contributed by atoms with Gasteiger partial charge in [-0.05, 0) is 49.3 Å². The molecule has 1 aromatic rings. The quantitative estimate of drug-likeness (QED) is 0.737. The van der Waals surface area contributed by atoms with Crippen LogP contribution >= 0.6 is 0 Å². The molecular formula is C20H29N. The van der Waals surface area contributed by atoms with Crippen LogP contribution in [0.1, 0.15) is 48.0 Å². The Morgan fingerprint density at radius 3 is 2.10 bits per heavy atom. The Kier molecular flexibility index (Phi) is 4.32. The Hall–Kier alpha value is -1.50. The highest BCUT2D eigenvalue weighted by atomic mass is 15.0. The normalized spacial score (nSPS) is 19.8. The SMILES string of the molecule is CC1CC(C(C)(C)C)=CC=C1C(C)(C)Nc1ccccc1. The summed E-state index contributed by atoms with van der Waals surface area (Å²) >= 11 is 0. The van der Waals surface area contributed by atoms with Crippen molar-refractivity contribution in [3.63, 3.8) is 0 Å². The van der Waals surface area contributed by atoms with Crippen molar-refractivity contribution >= 4 is 5.69 Å². The molecule has 1 unspecified atom stereocenters. The van der Waals surface area contributed by atoms with E-state index in [0.29, 0.717) is 5.92 Å². The fourth-order valence-electron chi connectivity index (χ4n) is 3.20. The van der Waals surface area contributed by atoms with Crippen molar-refractivity contribution in [3.8, 4) is 0 Å². The number of para-hydroxylation sites is 1. The first kappa shape index (κ1) is 15.9. The Morgan fingerprint density at radius 1 is 0.952 bits per heavy atom. The molecule has 2 rings (SSSR count). The lowest BCUT2D eigenvalue weighted by atomic mass is 9.72. The minimum absolute atomic E-state index is 0.0271. The molecule has 1 aromatic carbocycles. The van der Waals surface area contributed by atoms with Crippen molar-refractivity contribution in [2.75, 3.05) is 5.32 Å². The summed E-state index contributed by atoms with van der Waals surface area (Å²) in [5.74, 6) is 0.579. The number of hydrogen-bond acceptors (Lipinski definition) is 1. The molecule has 114 valence electrons. The second-order valence-electron chi connectivity index (χ2n) is 7.79. The van der Waals surface area contributed by atoms with E-state index in [1.807, 2.05) is 0 Å². The smallest absolute Gasteiger partial charge is 0.0534 e. The van der Waals surface area contributed by atoms with Crippen LogP contribution in [0, 0.1) is 11.3 Å². The summed E-state index contributed by atoms with van der Waals surface area (Å²) in [7, 11) is 0. The van der Waals surface area contributed by atoms with Gasteiger partial charge in [0.1, 0.15) is 0 Å². The highest BCUT2D eigenvalue weighted by Crippen LogP contribution is 2.39. The summed E-state index contributed by atoms with van der Waals surface area (Å²) in [6.45, 7) is 13.8. The predicted octanol–water partition coefficient (Wildman–Crippen LogP) is 5.82. The van der Waals surface area contributed by atoms with Crippen molar-refractivity contribution < 1.29 is 0 Å². The van der Waals surface area contributed by atoms with Crippen LogP contribution in [-0.2, 0) is 0 Å². The fourth-order valence-corrected chi connectivity index (χ4v) is 3.20. The molecule has 0 spiro atoms. The van der Waals surface area contributed by atoms with E-state index in [0.717, 1.165) is 6.42 Å². The standard InChI is InChI=1S/C20H29N/c1-15-14-16(19(2,3)4)12-13-18(15)20(5,6)21-17-10-8-7-9-11-17/h7-13,15,21H,14H2,1-6H3. The molecule has 0 amide bonds. The average Bonchev–Trinajstić information content (AvgIpc) is 2.37. The van der Waals surface area contributed by atoms with E-state index in [1.165, 1.54) is 11.3 Å². The van der Waals surface area contributed by atoms with Gasteiger partial charge in [-0.1, -0.05) is 63.6 Å². The lowest BCUT2D eigenvalue weighted by molar-refractivity contribution is 0.437. The second kappa shape index (κ2) is 5.71. The third kappa shape index (κ3) is 3.78. The van der Waals surface area contributed by atoms with Crippen LogP contribution in [0.15, 0.2) is 53.6 Å². The molecular weight excluding hydrogens is 254 g/mol. The summed E-state index contributed by atoms with van der Waals surface area (Å²) in [6, 6.07) is 10.5. The molecule has 0 aromatic heterocycles. The van der Waals surface area contributed by atoms with Gasteiger partial charge in [0.2, 0.25) is 0 Å². The monoisotopic (exact) mass is 283 g/mol. The molecule has 1 N–H and O–H groups in total. The third-order valence-corrected chi connectivity index (χ3v) is 4.44. The van der Waals surface area contributed by atoms with E-state index in [1.54, 1.807) is 5.57 Å². The number of nitrogens with one attached hydrogen (secondary N) is 1. The Bertz CT molecular complexity index is 541. The van der Waals surface area contributed by atoms with Crippen molar-refractivity contribution in [1.82, 2.24) is 0 Å². The molecule has 1 aliphatic rings. The van der Waals surface area contributed by atoms with Crippen molar-refractivity contribution in [2.45, 2.75) is 53.5 Å². The number of benzene rings is 1. The fraction of sp³-hybridized carbons (Fsp3) is 0.500. The Morgan fingerprint density at radius 2 is 1.57 bits per heavy atom. The number of rotatable bonds is 3. The van der Waals surface area contributed by atoms with Crippen LogP contribution in [0.3, 0.4) is 0 Å². The van der Waals surface area contributed by atoms with Crippen molar-refractivity contribution in [1.29, 1.82) is 0 Å². The van der Waals surface area contributed by atoms with Crippen LogP contribution in [0.2, 0.25) is 0 Å². The van der Waals surface area contributed by atoms with E-state index in [9.17, 15) is 0 Å². The zero-order valence-electron chi connectivity index (χ0n) is 14.3. The highest BCUT2D eigenvalue weighted by molar-refractivity contribution is 5.49. The van der Waals surface area contributed by atoms with E-state index in [4.69, 9.17) is 0 Å². The van der Waals surface area contributed by atoms with Crippen molar-refractivity contribution in [2.24, 2.45) is 11.3 Å². The topological polar surface area (TPSA) is 12.0 Å². The molecule has 0 heterocycles. The summed E-state index contributed by atoms with van der Waals surface area (Å²) in [4.78, 5) is 0. The third-order valence-electron chi connectivity index (χ3n) is 4.44. The second-order valence-corrected chi connectivity index (χ2v) is 7.79. The van der Waals surface area contributed by atoms with Crippen molar-refractivity contribution in [3.05, 3.63) is 53.6 Å². The summed E-state index contributed by atoms with van der Waals surface area (Å²) in [5.41, 5.74) is 4.46. The first-order chi connectivity index (χ1) is 9.70. The Labute approximate surface area is 130 Å². The Balaban J connectivity index is 2.24. The number of allylic oxidation sites excluding steroid dienone is 3. The minimum atomic E-state index is -0.0271. The molecule has 21 heavy (non-hydrogen) atoms. The van der Waals surface area contributed by atoms with Gasteiger partial charge >= 0.3 is 0 Å². The lowest BCUT2D eigenvalue weighted by Crippen LogP contribution is -2.37. The molecule has 0 fully saturated rings. The molecule has 1 nitrogen and oxygen atoms in total. The van der Waals surface area contributed by atoms with Gasteiger partial charge in [0.15, 0.2) is 0 Å². The molecule has 0 saturated heterocycles. The minimum Gasteiger partial charge on any atom is -0.376 e. The highest BCUT2D eigenvalue weighted by Gasteiger charge is 2.31. The molecule has 0 bridgehead atoms. The van der Waals surface area contributed by atoms with Crippen LogP contribution in [0.4, 0.5) is 5.69 Å². The van der Waals surface area contributed by atoms with Gasteiger partial charge in [-0.3, -0.25) is 0 Å². The van der Waals surface area contributed by atoms with Gasteiger partial charge in [-0.2, -0.15) is 0 Å². The number of anilines is 1. The van der Waals surface area contributed by atoms with Gasteiger partial charge in [0.25, 0.3) is 0 Å². The maximum Gasteiger partial charge on any atom is 0.0534 e. The van der Waals surface area contributed by atoms with Gasteiger partial charge in [0, 0.05) is 5.69 Å². The maximum absolute atomic E-state index is 3.67. The van der Waals surface area contributed by atoms with Crippen LogP contribution in [0.5, 0.6) is 0 Å². The molecule has 1 aliphatic carbocycles. The van der Waals surface area contributed by atoms with Gasteiger partial charge in [-0.15, -0.1) is 0 Å². The van der Waals surface area contributed by atoms with Crippen LogP contribution in [-0.4, -0.2) is 5.54 Å². The van der Waals surface area contributed by atoms with Gasteiger partial charge in [-0.25, -0.2) is 0 Å². The summed E-state index contributed by atoms with van der Waals surface area (Å²) in [5, 5.41) is 3.67. The molecule has 1 atom stereocenters. The van der Waals surface area contributed by atoms with E-state index in [2.05, 4.69) is 89.3 Å².